The Kier molecular flexibility index (Phi) is 4.94. The quantitative estimate of drug-likeness (QED) is 0.658. The minimum absolute atomic E-state index is 0.129. The molecule has 1 aliphatic heterocycles. The lowest BCUT2D eigenvalue weighted by Gasteiger charge is -2.24. The van der Waals surface area contributed by atoms with E-state index in [1.54, 1.807) is 36.4 Å². The molecule has 0 saturated carbocycles. The predicted molar refractivity (Wildman–Crippen MR) is 92.8 cm³/mol. The third-order valence-electron chi connectivity index (χ3n) is 3.42. The summed E-state index contributed by atoms with van der Waals surface area (Å²) in [5, 5.41) is 6.59. The van der Waals surface area contributed by atoms with Crippen molar-refractivity contribution in [2.45, 2.75) is 13.0 Å². The number of nitrogens with one attached hydrogen (secondary N) is 2. The van der Waals surface area contributed by atoms with Crippen molar-refractivity contribution in [1.29, 1.82) is 0 Å². The highest BCUT2D eigenvalue weighted by atomic mass is 16.6. The molecule has 0 radical (unpaired) electrons. The fourth-order valence-corrected chi connectivity index (χ4v) is 2.25. The molecule has 2 amide bonds. The third kappa shape index (κ3) is 4.35. The number of benzene rings is 2. The van der Waals surface area contributed by atoms with E-state index < -0.39 is 6.10 Å². The van der Waals surface area contributed by atoms with Crippen LogP contribution >= 0.6 is 0 Å². The van der Waals surface area contributed by atoms with Crippen molar-refractivity contribution < 1.29 is 19.1 Å². The normalized spacial score (nSPS) is 15.6. The topological polar surface area (TPSA) is 89.0 Å². The molecule has 0 spiro atoms. The lowest BCUT2D eigenvalue weighted by Crippen LogP contribution is -2.42. The van der Waals surface area contributed by atoms with Crippen LogP contribution in [0.25, 0.3) is 0 Å². The van der Waals surface area contributed by atoms with Gasteiger partial charge in [0, 0.05) is 12.6 Å². The monoisotopic (exact) mass is 339 g/mol. The van der Waals surface area contributed by atoms with Gasteiger partial charge in [-0.05, 0) is 29.8 Å². The summed E-state index contributed by atoms with van der Waals surface area (Å²) in [5.74, 6) is 0.631. The van der Waals surface area contributed by atoms with Gasteiger partial charge in [-0.2, -0.15) is 5.10 Å². The zero-order valence-corrected chi connectivity index (χ0v) is 13.6. The number of ether oxygens (including phenoxy) is 2. The van der Waals surface area contributed by atoms with Gasteiger partial charge in [-0.1, -0.05) is 24.3 Å². The second kappa shape index (κ2) is 7.48. The van der Waals surface area contributed by atoms with Crippen molar-refractivity contribution in [2.24, 2.45) is 5.10 Å². The van der Waals surface area contributed by atoms with Crippen LogP contribution in [0.2, 0.25) is 0 Å². The molecule has 128 valence electrons. The van der Waals surface area contributed by atoms with E-state index in [2.05, 4.69) is 15.8 Å². The van der Waals surface area contributed by atoms with Crippen molar-refractivity contribution in [3.05, 3.63) is 54.1 Å². The first kappa shape index (κ1) is 16.5. The van der Waals surface area contributed by atoms with Crippen LogP contribution < -0.4 is 20.2 Å². The second-order valence-electron chi connectivity index (χ2n) is 5.40. The van der Waals surface area contributed by atoms with Gasteiger partial charge in [0.2, 0.25) is 12.0 Å². The summed E-state index contributed by atoms with van der Waals surface area (Å²) in [6.07, 6.45) is 0.752. The van der Waals surface area contributed by atoms with Crippen LogP contribution in [-0.4, -0.2) is 30.7 Å². The zero-order valence-electron chi connectivity index (χ0n) is 13.6. The van der Waals surface area contributed by atoms with Gasteiger partial charge < -0.3 is 14.8 Å². The van der Waals surface area contributed by atoms with E-state index >= 15 is 0 Å². The molecule has 25 heavy (non-hydrogen) atoms. The number of anilines is 1. The molecular formula is C18H17N3O4. The summed E-state index contributed by atoms with van der Waals surface area (Å²) in [6.45, 7) is 1.57. The fourth-order valence-electron chi connectivity index (χ4n) is 2.25. The number of hydrazone groups is 1. The Morgan fingerprint density at radius 3 is 2.56 bits per heavy atom. The van der Waals surface area contributed by atoms with Crippen LogP contribution in [0.1, 0.15) is 12.5 Å². The molecule has 2 aromatic carbocycles. The highest BCUT2D eigenvalue weighted by Gasteiger charge is 2.26. The number of nitrogens with zero attached hydrogens (tertiary/aromatic N) is 1. The maximum atomic E-state index is 12.1. The van der Waals surface area contributed by atoms with E-state index in [9.17, 15) is 9.59 Å². The van der Waals surface area contributed by atoms with Crippen LogP contribution in [0.4, 0.5) is 5.69 Å². The zero-order chi connectivity index (χ0) is 17.6. The Balaban J connectivity index is 1.54. The molecule has 7 nitrogen and oxygen atoms in total. The van der Waals surface area contributed by atoms with Crippen LogP contribution in [0.15, 0.2) is 53.6 Å². The molecule has 1 heterocycles. The van der Waals surface area contributed by atoms with Crippen LogP contribution in [0.3, 0.4) is 0 Å². The van der Waals surface area contributed by atoms with E-state index in [1.807, 2.05) is 12.1 Å². The molecule has 0 fully saturated rings. The fraction of sp³-hybridized carbons (Fsp3) is 0.167. The van der Waals surface area contributed by atoms with Crippen LogP contribution in [-0.2, 0) is 9.59 Å². The number of carbonyl (C=O) groups is 2. The Morgan fingerprint density at radius 1 is 1.12 bits per heavy atom. The number of carbonyl (C=O) groups excluding carboxylic acids is 2. The highest BCUT2D eigenvalue weighted by molar-refractivity contribution is 5.89. The number of fused-ring (bicyclic) bond motifs is 1. The molecule has 2 aromatic rings. The number of amides is 2. The molecular weight excluding hydrogens is 322 g/mol. The smallest absolute Gasteiger partial charge is 0.284 e. The largest absolute Gasteiger partial charge is 0.485 e. The standard InChI is InChI=1S/C18H17N3O4/c1-12(22)20-14-8-6-13(7-9-14)10-19-21-18(23)17-11-24-15-4-2-3-5-16(15)25-17/h2-10,17H,11H2,1H3,(H,20,22)(H,21,23)/b19-10+. The van der Waals surface area contributed by atoms with Crippen molar-refractivity contribution >= 4 is 23.7 Å². The van der Waals surface area contributed by atoms with E-state index in [4.69, 9.17) is 9.47 Å². The molecule has 0 aliphatic carbocycles. The maximum Gasteiger partial charge on any atom is 0.284 e. The average molecular weight is 339 g/mol. The van der Waals surface area contributed by atoms with Gasteiger partial charge >= 0.3 is 0 Å². The minimum Gasteiger partial charge on any atom is -0.485 e. The first-order chi connectivity index (χ1) is 12.1. The number of para-hydroxylation sites is 2. The Bertz CT molecular complexity index is 802. The minimum atomic E-state index is -0.755. The summed E-state index contributed by atoms with van der Waals surface area (Å²) >= 11 is 0. The molecule has 7 heteroatoms. The SMILES string of the molecule is CC(=O)Nc1ccc(/C=N/NC(=O)C2COc3ccccc3O2)cc1. The lowest BCUT2D eigenvalue weighted by molar-refractivity contribution is -0.130. The summed E-state index contributed by atoms with van der Waals surface area (Å²) in [6, 6.07) is 14.2. The summed E-state index contributed by atoms with van der Waals surface area (Å²) in [4.78, 5) is 23.1. The highest BCUT2D eigenvalue weighted by Crippen LogP contribution is 2.30. The van der Waals surface area contributed by atoms with Gasteiger partial charge in [-0.3, -0.25) is 9.59 Å². The van der Waals surface area contributed by atoms with Crippen LogP contribution in [0.5, 0.6) is 11.5 Å². The second-order valence-corrected chi connectivity index (χ2v) is 5.40. The van der Waals surface area contributed by atoms with Crippen LogP contribution in [0, 0.1) is 0 Å². The van der Waals surface area contributed by atoms with Gasteiger partial charge in [0.15, 0.2) is 11.5 Å². The van der Waals surface area contributed by atoms with E-state index in [0.29, 0.717) is 17.2 Å². The van der Waals surface area contributed by atoms with E-state index in [-0.39, 0.29) is 18.4 Å². The maximum absolute atomic E-state index is 12.1. The van der Waals surface area contributed by atoms with Gasteiger partial charge in [0.1, 0.15) is 6.61 Å². The average Bonchev–Trinajstić information content (AvgIpc) is 2.62. The van der Waals surface area contributed by atoms with Crippen molar-refractivity contribution in [2.75, 3.05) is 11.9 Å². The van der Waals surface area contributed by atoms with Gasteiger partial charge in [-0.15, -0.1) is 0 Å². The first-order valence-corrected chi connectivity index (χ1v) is 7.71. The Labute approximate surface area is 144 Å². The molecule has 1 aliphatic rings. The van der Waals surface area contributed by atoms with E-state index in [0.717, 1.165) is 5.56 Å². The number of rotatable bonds is 4. The van der Waals surface area contributed by atoms with Crippen molar-refractivity contribution in [3.63, 3.8) is 0 Å². The third-order valence-corrected chi connectivity index (χ3v) is 3.42. The number of hydrogen-bond donors (Lipinski definition) is 2. The molecule has 3 rings (SSSR count). The molecule has 1 atom stereocenters. The lowest BCUT2D eigenvalue weighted by atomic mass is 10.2. The van der Waals surface area contributed by atoms with Gasteiger partial charge in [0.05, 0.1) is 6.21 Å². The predicted octanol–water partition coefficient (Wildman–Crippen LogP) is 1.94. The summed E-state index contributed by atoms with van der Waals surface area (Å²) in [7, 11) is 0. The van der Waals surface area contributed by atoms with E-state index in [1.165, 1.54) is 13.1 Å². The summed E-state index contributed by atoms with van der Waals surface area (Å²) in [5.41, 5.74) is 3.91. The molecule has 2 N–H and O–H groups in total. The van der Waals surface area contributed by atoms with Crippen molar-refractivity contribution in [1.82, 2.24) is 5.43 Å². The molecule has 0 bridgehead atoms. The molecule has 0 saturated heterocycles. The van der Waals surface area contributed by atoms with Gasteiger partial charge in [-0.25, -0.2) is 5.43 Å². The molecule has 1 unspecified atom stereocenters. The van der Waals surface area contributed by atoms with Crippen molar-refractivity contribution in [3.8, 4) is 11.5 Å². The first-order valence-electron chi connectivity index (χ1n) is 7.71. The Hall–Kier alpha value is -3.35. The van der Waals surface area contributed by atoms with Gasteiger partial charge in [0.25, 0.3) is 5.91 Å². The molecule has 0 aromatic heterocycles. The summed E-state index contributed by atoms with van der Waals surface area (Å²) < 4.78 is 11.1. The Morgan fingerprint density at radius 2 is 1.84 bits per heavy atom. The number of hydrogen-bond acceptors (Lipinski definition) is 5.